The Hall–Kier alpha value is -1.85. The third kappa shape index (κ3) is 3.79. The standard InChI is InChI=1S/C19H12Cl3NO2S/c1-10-18(26-19(23-10)12-4-2-3-5-13(12)20)15(25)9-7-11-6-8-14(24)17(22)16(11)21/h2-9,24H,1H3/b9-7+. The van der Waals surface area contributed by atoms with Crippen molar-refractivity contribution in [1.82, 2.24) is 4.98 Å². The van der Waals surface area contributed by atoms with Crippen molar-refractivity contribution < 1.29 is 9.90 Å². The number of ketones is 1. The van der Waals surface area contributed by atoms with E-state index >= 15 is 0 Å². The number of nitrogens with zero attached hydrogens (tertiary/aromatic N) is 1. The minimum atomic E-state index is -0.196. The van der Waals surface area contributed by atoms with E-state index in [1.165, 1.54) is 23.5 Å². The number of halogens is 3. The molecular formula is C19H12Cl3NO2S. The molecule has 1 aromatic heterocycles. The van der Waals surface area contributed by atoms with Crippen LogP contribution in [0.4, 0.5) is 0 Å². The van der Waals surface area contributed by atoms with Crippen molar-refractivity contribution in [2.45, 2.75) is 6.92 Å². The molecule has 1 N–H and O–H groups in total. The summed E-state index contributed by atoms with van der Waals surface area (Å²) >= 11 is 19.5. The fourth-order valence-electron chi connectivity index (χ4n) is 2.30. The maximum atomic E-state index is 12.6. The van der Waals surface area contributed by atoms with Gasteiger partial charge in [-0.3, -0.25) is 4.79 Å². The lowest BCUT2D eigenvalue weighted by Crippen LogP contribution is -1.93. The molecule has 3 rings (SSSR count). The zero-order valence-electron chi connectivity index (χ0n) is 13.5. The monoisotopic (exact) mass is 423 g/mol. The van der Waals surface area contributed by atoms with Crippen LogP contribution in [0.1, 0.15) is 20.9 Å². The number of carbonyl (C=O) groups is 1. The number of allylic oxidation sites excluding steroid dienone is 1. The number of phenols is 1. The molecule has 0 saturated heterocycles. The number of hydrogen-bond acceptors (Lipinski definition) is 4. The first-order valence-corrected chi connectivity index (χ1v) is 9.45. The number of rotatable bonds is 4. The molecule has 0 unspecified atom stereocenters. The second kappa shape index (κ2) is 7.80. The second-order valence-electron chi connectivity index (χ2n) is 5.41. The van der Waals surface area contributed by atoms with Gasteiger partial charge in [-0.1, -0.05) is 53.0 Å². The van der Waals surface area contributed by atoms with E-state index in [1.807, 2.05) is 18.2 Å². The summed E-state index contributed by atoms with van der Waals surface area (Å²) in [6, 6.07) is 10.4. The number of phenolic OH excluding ortho intramolecular Hbond substituents is 1. The Labute approximate surface area is 169 Å². The third-order valence-electron chi connectivity index (χ3n) is 3.63. The summed E-state index contributed by atoms with van der Waals surface area (Å²) in [5.41, 5.74) is 1.96. The van der Waals surface area contributed by atoms with Crippen molar-refractivity contribution >= 4 is 58.0 Å². The first-order valence-electron chi connectivity index (χ1n) is 7.50. The van der Waals surface area contributed by atoms with Crippen LogP contribution in [-0.4, -0.2) is 15.9 Å². The summed E-state index contributed by atoms with van der Waals surface area (Å²) in [5, 5.41) is 11.0. The van der Waals surface area contributed by atoms with Crippen LogP contribution in [-0.2, 0) is 0 Å². The zero-order valence-corrected chi connectivity index (χ0v) is 16.5. The molecular weight excluding hydrogens is 413 g/mol. The van der Waals surface area contributed by atoms with Gasteiger partial charge in [-0.2, -0.15) is 0 Å². The molecule has 26 heavy (non-hydrogen) atoms. The lowest BCUT2D eigenvalue weighted by Gasteiger charge is -2.02. The number of aromatic hydroxyl groups is 1. The van der Waals surface area contributed by atoms with Gasteiger partial charge < -0.3 is 5.11 Å². The Morgan fingerprint density at radius 2 is 1.85 bits per heavy atom. The van der Waals surface area contributed by atoms with Crippen LogP contribution in [0, 0.1) is 6.92 Å². The third-order valence-corrected chi connectivity index (χ3v) is 6.05. The van der Waals surface area contributed by atoms with Gasteiger partial charge >= 0.3 is 0 Å². The van der Waals surface area contributed by atoms with Gasteiger partial charge in [0.25, 0.3) is 0 Å². The second-order valence-corrected chi connectivity index (χ2v) is 7.58. The highest BCUT2D eigenvalue weighted by atomic mass is 35.5. The fourth-order valence-corrected chi connectivity index (χ4v) is 4.00. The molecule has 3 aromatic rings. The molecule has 0 bridgehead atoms. The van der Waals surface area contributed by atoms with Crippen molar-refractivity contribution in [2.24, 2.45) is 0 Å². The van der Waals surface area contributed by atoms with E-state index in [-0.39, 0.29) is 21.6 Å². The molecule has 0 saturated carbocycles. The molecule has 0 aliphatic rings. The summed E-state index contributed by atoms with van der Waals surface area (Å²) in [6.45, 7) is 1.78. The maximum Gasteiger partial charge on any atom is 0.197 e. The van der Waals surface area contributed by atoms with E-state index in [2.05, 4.69) is 4.98 Å². The van der Waals surface area contributed by atoms with Gasteiger partial charge in [0, 0.05) is 5.56 Å². The van der Waals surface area contributed by atoms with E-state index in [4.69, 9.17) is 34.8 Å². The minimum Gasteiger partial charge on any atom is -0.506 e. The molecule has 7 heteroatoms. The highest BCUT2D eigenvalue weighted by Crippen LogP contribution is 2.35. The largest absolute Gasteiger partial charge is 0.506 e. The molecule has 0 radical (unpaired) electrons. The molecule has 0 spiro atoms. The van der Waals surface area contributed by atoms with E-state index < -0.39 is 0 Å². The molecule has 1 heterocycles. The SMILES string of the molecule is Cc1nc(-c2ccccc2Cl)sc1C(=O)/C=C/c1ccc(O)c(Cl)c1Cl. The van der Waals surface area contributed by atoms with Crippen molar-refractivity contribution in [3.63, 3.8) is 0 Å². The molecule has 132 valence electrons. The molecule has 0 aliphatic heterocycles. The Morgan fingerprint density at radius 3 is 2.58 bits per heavy atom. The summed E-state index contributed by atoms with van der Waals surface area (Å²) in [7, 11) is 0. The normalized spacial score (nSPS) is 11.2. The van der Waals surface area contributed by atoms with Crippen LogP contribution >= 0.6 is 46.1 Å². The lowest BCUT2D eigenvalue weighted by molar-refractivity contribution is 0.105. The Kier molecular flexibility index (Phi) is 5.68. The molecule has 0 aliphatic carbocycles. The fraction of sp³-hybridized carbons (Fsp3) is 0.0526. The number of hydrogen-bond donors (Lipinski definition) is 1. The van der Waals surface area contributed by atoms with Gasteiger partial charge in [-0.25, -0.2) is 4.98 Å². The van der Waals surface area contributed by atoms with Gasteiger partial charge in [0.2, 0.25) is 0 Å². The average Bonchev–Trinajstić information content (AvgIpc) is 3.01. The van der Waals surface area contributed by atoms with Crippen molar-refractivity contribution in [3.05, 3.63) is 73.7 Å². The van der Waals surface area contributed by atoms with Crippen LogP contribution in [0.25, 0.3) is 16.6 Å². The lowest BCUT2D eigenvalue weighted by atomic mass is 10.1. The topological polar surface area (TPSA) is 50.2 Å². The molecule has 3 nitrogen and oxygen atoms in total. The molecule has 0 atom stereocenters. The van der Waals surface area contributed by atoms with Gasteiger partial charge in [0.15, 0.2) is 5.78 Å². The summed E-state index contributed by atoms with van der Waals surface area (Å²) in [6.07, 6.45) is 2.97. The number of aromatic nitrogens is 1. The minimum absolute atomic E-state index is 0.0521. The number of thiazole rings is 1. The zero-order chi connectivity index (χ0) is 18.8. The Bertz CT molecular complexity index is 1030. The highest BCUT2D eigenvalue weighted by Gasteiger charge is 2.16. The number of aryl methyl sites for hydroxylation is 1. The average molecular weight is 425 g/mol. The van der Waals surface area contributed by atoms with Crippen molar-refractivity contribution in [3.8, 4) is 16.3 Å². The predicted molar refractivity (Wildman–Crippen MR) is 109 cm³/mol. The maximum absolute atomic E-state index is 12.6. The van der Waals surface area contributed by atoms with Crippen molar-refractivity contribution in [1.29, 1.82) is 0 Å². The molecule has 0 amide bonds. The number of carbonyl (C=O) groups excluding carboxylic acids is 1. The summed E-state index contributed by atoms with van der Waals surface area (Å²) in [4.78, 5) is 17.5. The molecule has 2 aromatic carbocycles. The van der Waals surface area contributed by atoms with E-state index in [1.54, 1.807) is 25.1 Å². The predicted octanol–water partition coefficient (Wildman–Crippen LogP) is 6.68. The first kappa shape index (κ1) is 18.9. The van der Waals surface area contributed by atoms with E-state index in [0.29, 0.717) is 26.2 Å². The quantitative estimate of drug-likeness (QED) is 0.375. The van der Waals surface area contributed by atoms with Crippen LogP contribution in [0.5, 0.6) is 5.75 Å². The van der Waals surface area contributed by atoms with Crippen LogP contribution < -0.4 is 0 Å². The highest BCUT2D eigenvalue weighted by molar-refractivity contribution is 7.17. The Morgan fingerprint density at radius 1 is 1.12 bits per heavy atom. The van der Waals surface area contributed by atoms with Gasteiger partial charge in [0.05, 0.1) is 20.6 Å². The first-order chi connectivity index (χ1) is 12.4. The van der Waals surface area contributed by atoms with Gasteiger partial charge in [0.1, 0.15) is 15.8 Å². The van der Waals surface area contributed by atoms with E-state index in [0.717, 1.165) is 5.56 Å². The van der Waals surface area contributed by atoms with Gasteiger partial charge in [-0.05, 0) is 42.8 Å². The summed E-state index contributed by atoms with van der Waals surface area (Å²) in [5.74, 6) is -0.304. The number of benzene rings is 2. The Balaban J connectivity index is 1.90. The van der Waals surface area contributed by atoms with Crippen LogP contribution in [0.3, 0.4) is 0 Å². The van der Waals surface area contributed by atoms with Gasteiger partial charge in [-0.15, -0.1) is 11.3 Å². The van der Waals surface area contributed by atoms with E-state index in [9.17, 15) is 9.90 Å². The summed E-state index contributed by atoms with van der Waals surface area (Å²) < 4.78 is 0. The smallest absolute Gasteiger partial charge is 0.197 e. The van der Waals surface area contributed by atoms with Crippen LogP contribution in [0.15, 0.2) is 42.5 Å². The molecule has 0 fully saturated rings. The van der Waals surface area contributed by atoms with Crippen molar-refractivity contribution in [2.75, 3.05) is 0 Å². The van der Waals surface area contributed by atoms with Crippen LogP contribution in [0.2, 0.25) is 15.1 Å².